The van der Waals surface area contributed by atoms with Crippen molar-refractivity contribution in [1.29, 1.82) is 0 Å². The molecule has 1 aliphatic rings. The lowest BCUT2D eigenvalue weighted by atomic mass is 9.99. The minimum Gasteiger partial charge on any atom is -0.388 e. The number of ether oxygens (including phenoxy) is 1. The first kappa shape index (κ1) is 8.89. The molecular formula is C6H13NO4. The largest absolute Gasteiger partial charge is 0.388 e. The molecule has 0 aromatic rings. The van der Waals surface area contributed by atoms with Crippen LogP contribution in [0.3, 0.4) is 0 Å². The van der Waals surface area contributed by atoms with Gasteiger partial charge in [-0.15, -0.1) is 0 Å². The Morgan fingerprint density at radius 2 is 1.73 bits per heavy atom. The SMILES string of the molecule is C[C@H]1O[C@H](O)[C@H](N)[C@@H](O)[C@H]1O. The van der Waals surface area contributed by atoms with Gasteiger partial charge in [0.15, 0.2) is 6.29 Å². The van der Waals surface area contributed by atoms with Gasteiger partial charge in [0.1, 0.15) is 12.2 Å². The summed E-state index contributed by atoms with van der Waals surface area (Å²) >= 11 is 0. The summed E-state index contributed by atoms with van der Waals surface area (Å²) in [6.07, 6.45) is -3.91. The molecule has 0 bridgehead atoms. The van der Waals surface area contributed by atoms with Gasteiger partial charge in [-0.05, 0) is 6.92 Å². The monoisotopic (exact) mass is 163 g/mol. The maximum atomic E-state index is 9.17. The highest BCUT2D eigenvalue weighted by Gasteiger charge is 2.39. The first-order valence-electron chi connectivity index (χ1n) is 3.49. The molecule has 0 unspecified atom stereocenters. The fraction of sp³-hybridized carbons (Fsp3) is 1.00. The van der Waals surface area contributed by atoms with Gasteiger partial charge in [0.05, 0.1) is 12.1 Å². The molecule has 1 heterocycles. The summed E-state index contributed by atoms with van der Waals surface area (Å²) in [5.74, 6) is 0. The van der Waals surface area contributed by atoms with Crippen molar-refractivity contribution < 1.29 is 20.1 Å². The molecule has 0 spiro atoms. The van der Waals surface area contributed by atoms with E-state index in [2.05, 4.69) is 0 Å². The first-order chi connectivity index (χ1) is 5.04. The van der Waals surface area contributed by atoms with Gasteiger partial charge in [-0.3, -0.25) is 0 Å². The van der Waals surface area contributed by atoms with Gasteiger partial charge in [0.2, 0.25) is 0 Å². The number of aliphatic hydroxyl groups excluding tert-OH is 3. The van der Waals surface area contributed by atoms with E-state index in [1.807, 2.05) is 0 Å². The molecule has 1 saturated heterocycles. The van der Waals surface area contributed by atoms with Crippen LogP contribution >= 0.6 is 0 Å². The van der Waals surface area contributed by atoms with E-state index >= 15 is 0 Å². The minimum atomic E-state index is -1.19. The van der Waals surface area contributed by atoms with Crippen molar-refractivity contribution in [3.8, 4) is 0 Å². The third-order valence-corrected chi connectivity index (χ3v) is 1.91. The Kier molecular flexibility index (Phi) is 2.46. The van der Waals surface area contributed by atoms with Gasteiger partial charge in [-0.25, -0.2) is 0 Å². The predicted octanol–water partition coefficient (Wildman–Crippen LogP) is -2.23. The zero-order valence-corrected chi connectivity index (χ0v) is 6.21. The Hall–Kier alpha value is -0.200. The second-order valence-corrected chi connectivity index (χ2v) is 2.79. The Morgan fingerprint density at radius 3 is 2.27 bits per heavy atom. The molecule has 11 heavy (non-hydrogen) atoms. The van der Waals surface area contributed by atoms with Crippen LogP contribution in [0.1, 0.15) is 6.92 Å². The molecule has 5 atom stereocenters. The van der Waals surface area contributed by atoms with Crippen LogP contribution in [0.15, 0.2) is 0 Å². The van der Waals surface area contributed by atoms with Gasteiger partial charge in [0, 0.05) is 0 Å². The van der Waals surface area contributed by atoms with Crippen LogP contribution < -0.4 is 5.73 Å². The number of hydrogen-bond donors (Lipinski definition) is 4. The summed E-state index contributed by atoms with van der Waals surface area (Å²) in [5, 5.41) is 27.4. The second kappa shape index (κ2) is 3.04. The molecule has 0 saturated carbocycles. The molecule has 0 amide bonds. The Labute approximate surface area is 64.4 Å². The summed E-state index contributed by atoms with van der Waals surface area (Å²) in [6.45, 7) is 1.56. The quantitative estimate of drug-likeness (QED) is 0.324. The molecule has 0 aromatic carbocycles. The highest BCUT2D eigenvalue weighted by molar-refractivity contribution is 4.88. The molecule has 0 radical (unpaired) electrons. The third-order valence-electron chi connectivity index (χ3n) is 1.91. The van der Waals surface area contributed by atoms with Crippen LogP contribution in [0.25, 0.3) is 0 Å². The first-order valence-corrected chi connectivity index (χ1v) is 3.49. The zero-order chi connectivity index (χ0) is 8.59. The fourth-order valence-corrected chi connectivity index (χ4v) is 1.07. The normalized spacial score (nSPS) is 52.6. The van der Waals surface area contributed by atoms with Crippen molar-refractivity contribution in [2.75, 3.05) is 0 Å². The van der Waals surface area contributed by atoms with Crippen LogP contribution in [0.4, 0.5) is 0 Å². The molecule has 5 nitrogen and oxygen atoms in total. The van der Waals surface area contributed by atoms with E-state index in [1.54, 1.807) is 6.92 Å². The highest BCUT2D eigenvalue weighted by atomic mass is 16.6. The summed E-state index contributed by atoms with van der Waals surface area (Å²) in [7, 11) is 0. The fourth-order valence-electron chi connectivity index (χ4n) is 1.07. The lowest BCUT2D eigenvalue weighted by molar-refractivity contribution is -0.236. The summed E-state index contributed by atoms with van der Waals surface area (Å²) in [5.41, 5.74) is 5.29. The smallest absolute Gasteiger partial charge is 0.172 e. The van der Waals surface area contributed by atoms with Gasteiger partial charge >= 0.3 is 0 Å². The van der Waals surface area contributed by atoms with Gasteiger partial charge < -0.3 is 25.8 Å². The van der Waals surface area contributed by atoms with E-state index in [0.29, 0.717) is 0 Å². The zero-order valence-electron chi connectivity index (χ0n) is 6.21. The van der Waals surface area contributed by atoms with Crippen molar-refractivity contribution in [2.24, 2.45) is 5.73 Å². The van der Waals surface area contributed by atoms with E-state index in [1.165, 1.54) is 0 Å². The Morgan fingerprint density at radius 1 is 1.18 bits per heavy atom. The van der Waals surface area contributed by atoms with Crippen molar-refractivity contribution in [2.45, 2.75) is 37.6 Å². The number of nitrogens with two attached hydrogens (primary N) is 1. The van der Waals surface area contributed by atoms with Gasteiger partial charge in [-0.1, -0.05) is 0 Å². The highest BCUT2D eigenvalue weighted by Crippen LogP contribution is 2.17. The topological polar surface area (TPSA) is 95.9 Å². The number of rotatable bonds is 0. The lowest BCUT2D eigenvalue weighted by Gasteiger charge is -2.37. The standard InChI is InChI=1S/C6H13NO4/c1-2-4(8)5(9)3(7)6(10)11-2/h2-6,8-10H,7H2,1H3/t2-,3-,4+,5-,6+/m1/s1. The van der Waals surface area contributed by atoms with E-state index in [0.717, 1.165) is 0 Å². The van der Waals surface area contributed by atoms with Crippen LogP contribution in [0.5, 0.6) is 0 Å². The van der Waals surface area contributed by atoms with E-state index in [4.69, 9.17) is 20.7 Å². The van der Waals surface area contributed by atoms with Crippen molar-refractivity contribution in [3.05, 3.63) is 0 Å². The molecule has 0 aromatic heterocycles. The molecule has 5 heteroatoms. The molecule has 1 rings (SSSR count). The van der Waals surface area contributed by atoms with Crippen molar-refractivity contribution >= 4 is 0 Å². The third kappa shape index (κ3) is 1.52. The van der Waals surface area contributed by atoms with Crippen LogP contribution in [0, 0.1) is 0 Å². The summed E-state index contributed by atoms with van der Waals surface area (Å²) in [4.78, 5) is 0. The molecule has 1 aliphatic heterocycles. The second-order valence-electron chi connectivity index (χ2n) is 2.79. The summed E-state index contributed by atoms with van der Waals surface area (Å²) < 4.78 is 4.80. The Balaban J connectivity index is 2.63. The lowest BCUT2D eigenvalue weighted by Crippen LogP contribution is -2.60. The van der Waals surface area contributed by atoms with Crippen LogP contribution in [0.2, 0.25) is 0 Å². The van der Waals surface area contributed by atoms with Crippen LogP contribution in [-0.2, 0) is 4.74 Å². The van der Waals surface area contributed by atoms with E-state index in [-0.39, 0.29) is 0 Å². The van der Waals surface area contributed by atoms with Crippen molar-refractivity contribution in [1.82, 2.24) is 0 Å². The minimum absolute atomic E-state index is 0.584. The molecule has 66 valence electrons. The number of hydrogen-bond acceptors (Lipinski definition) is 5. The van der Waals surface area contributed by atoms with Gasteiger partial charge in [0.25, 0.3) is 0 Å². The van der Waals surface area contributed by atoms with Crippen molar-refractivity contribution in [3.63, 3.8) is 0 Å². The van der Waals surface area contributed by atoms with E-state index in [9.17, 15) is 5.11 Å². The van der Waals surface area contributed by atoms with Crippen LogP contribution in [-0.4, -0.2) is 46.0 Å². The summed E-state index contributed by atoms with van der Waals surface area (Å²) in [6, 6.07) is -0.929. The molecule has 5 N–H and O–H groups in total. The Bertz CT molecular complexity index is 129. The average Bonchev–Trinajstić information content (AvgIpc) is 1.97. The average molecular weight is 163 g/mol. The molecular weight excluding hydrogens is 150 g/mol. The maximum absolute atomic E-state index is 9.17. The molecule has 1 fully saturated rings. The number of aliphatic hydroxyl groups is 3. The molecule has 0 aliphatic carbocycles. The van der Waals surface area contributed by atoms with E-state index < -0.39 is 30.6 Å². The van der Waals surface area contributed by atoms with Gasteiger partial charge in [-0.2, -0.15) is 0 Å². The maximum Gasteiger partial charge on any atom is 0.172 e. The predicted molar refractivity (Wildman–Crippen MR) is 36.5 cm³/mol.